The van der Waals surface area contributed by atoms with E-state index >= 15 is 0 Å². The topological polar surface area (TPSA) is 37.0 Å². The second kappa shape index (κ2) is 3.24. The zero-order chi connectivity index (χ0) is 9.26. The molecule has 1 fully saturated rings. The molecule has 0 amide bonds. The first-order chi connectivity index (χ1) is 6.31. The van der Waals surface area contributed by atoms with Gasteiger partial charge in [0, 0.05) is 19.3 Å². The highest BCUT2D eigenvalue weighted by Gasteiger charge is 2.22. The molecule has 2 rings (SSSR count). The van der Waals surface area contributed by atoms with Crippen molar-refractivity contribution in [1.82, 2.24) is 4.98 Å². The van der Waals surface area contributed by atoms with Gasteiger partial charge in [0.25, 0.3) is 0 Å². The number of hydrogen-bond donors (Lipinski definition) is 2. The van der Waals surface area contributed by atoms with Gasteiger partial charge in [-0.05, 0) is 25.3 Å². The highest BCUT2D eigenvalue weighted by atomic mass is 15.0. The molecule has 1 aliphatic rings. The van der Waals surface area contributed by atoms with Crippen LogP contribution in [0.5, 0.6) is 0 Å². The second-order valence-electron chi connectivity index (χ2n) is 3.55. The van der Waals surface area contributed by atoms with Gasteiger partial charge in [0.1, 0.15) is 0 Å². The largest absolute Gasteiger partial charge is 0.385 e. The Kier molecular flexibility index (Phi) is 2.08. The molecule has 0 unspecified atom stereocenters. The summed E-state index contributed by atoms with van der Waals surface area (Å²) < 4.78 is 0. The fourth-order valence-corrected chi connectivity index (χ4v) is 1.38. The number of aromatic nitrogens is 1. The Morgan fingerprint density at radius 2 is 2.15 bits per heavy atom. The van der Waals surface area contributed by atoms with Gasteiger partial charge in [0.15, 0.2) is 0 Å². The highest BCUT2D eigenvalue weighted by Crippen LogP contribution is 2.30. The smallest absolute Gasteiger partial charge is 0.0762 e. The number of rotatable bonds is 3. The lowest BCUT2D eigenvalue weighted by Gasteiger charge is -2.12. The summed E-state index contributed by atoms with van der Waals surface area (Å²) in [6, 6.07) is 0.688. The summed E-state index contributed by atoms with van der Waals surface area (Å²) in [6.07, 6.45) is 6.35. The van der Waals surface area contributed by atoms with Crippen molar-refractivity contribution in [3.05, 3.63) is 18.0 Å². The molecule has 0 spiro atoms. The average molecular weight is 177 g/mol. The van der Waals surface area contributed by atoms with Crippen LogP contribution in [-0.4, -0.2) is 18.1 Å². The van der Waals surface area contributed by atoms with Crippen LogP contribution in [0.4, 0.5) is 11.4 Å². The maximum absolute atomic E-state index is 4.14. The van der Waals surface area contributed by atoms with Gasteiger partial charge in [-0.25, -0.2) is 0 Å². The van der Waals surface area contributed by atoms with Gasteiger partial charge in [-0.15, -0.1) is 0 Å². The first-order valence-corrected chi connectivity index (χ1v) is 4.70. The molecule has 1 aromatic rings. The molecule has 1 saturated carbocycles. The van der Waals surface area contributed by atoms with Crippen LogP contribution in [0.2, 0.25) is 0 Å². The van der Waals surface area contributed by atoms with Gasteiger partial charge < -0.3 is 10.6 Å². The van der Waals surface area contributed by atoms with Gasteiger partial charge in [-0.2, -0.15) is 0 Å². The highest BCUT2D eigenvalue weighted by molar-refractivity contribution is 5.71. The quantitative estimate of drug-likeness (QED) is 0.741. The molecule has 70 valence electrons. The number of aryl methyl sites for hydroxylation is 1. The molecule has 3 nitrogen and oxygen atoms in total. The van der Waals surface area contributed by atoms with E-state index in [4.69, 9.17) is 0 Å². The van der Waals surface area contributed by atoms with Gasteiger partial charge in [-0.1, -0.05) is 0 Å². The van der Waals surface area contributed by atoms with Crippen LogP contribution in [0.3, 0.4) is 0 Å². The molecule has 3 heteroatoms. The van der Waals surface area contributed by atoms with E-state index in [1.165, 1.54) is 24.1 Å². The molecule has 0 radical (unpaired) electrons. The fraction of sp³-hybridized carbons (Fsp3) is 0.500. The van der Waals surface area contributed by atoms with E-state index < -0.39 is 0 Å². The van der Waals surface area contributed by atoms with Crippen LogP contribution in [0, 0.1) is 6.92 Å². The molecule has 0 aromatic carbocycles. The minimum absolute atomic E-state index is 0.688. The summed E-state index contributed by atoms with van der Waals surface area (Å²) in [5.74, 6) is 0. The van der Waals surface area contributed by atoms with Crippen molar-refractivity contribution in [3.8, 4) is 0 Å². The van der Waals surface area contributed by atoms with E-state index in [1.807, 2.05) is 19.4 Å². The predicted octanol–water partition coefficient (Wildman–Crippen LogP) is 2.01. The molecule has 0 atom stereocenters. The maximum atomic E-state index is 4.14. The number of hydrogen-bond acceptors (Lipinski definition) is 3. The normalized spacial score (nSPS) is 15.5. The van der Waals surface area contributed by atoms with Crippen molar-refractivity contribution in [1.29, 1.82) is 0 Å². The van der Waals surface area contributed by atoms with E-state index in [0.29, 0.717) is 6.04 Å². The SMILES string of the molecule is CNc1cncc(C)c1NC1CC1. The molecule has 13 heavy (non-hydrogen) atoms. The predicted molar refractivity (Wildman–Crippen MR) is 55.2 cm³/mol. The Morgan fingerprint density at radius 1 is 1.38 bits per heavy atom. The van der Waals surface area contributed by atoms with Crippen molar-refractivity contribution in [2.75, 3.05) is 17.7 Å². The summed E-state index contributed by atoms with van der Waals surface area (Å²) in [5.41, 5.74) is 3.51. The number of anilines is 2. The lowest BCUT2D eigenvalue weighted by molar-refractivity contribution is 1.13. The lowest BCUT2D eigenvalue weighted by Crippen LogP contribution is -2.06. The van der Waals surface area contributed by atoms with Crippen LogP contribution in [0.25, 0.3) is 0 Å². The van der Waals surface area contributed by atoms with Crippen molar-refractivity contribution < 1.29 is 0 Å². The summed E-state index contributed by atoms with van der Waals surface area (Å²) in [6.45, 7) is 2.08. The van der Waals surface area contributed by atoms with Crippen LogP contribution in [0.1, 0.15) is 18.4 Å². The zero-order valence-corrected chi connectivity index (χ0v) is 8.09. The van der Waals surface area contributed by atoms with E-state index in [-0.39, 0.29) is 0 Å². The summed E-state index contributed by atoms with van der Waals surface area (Å²) in [4.78, 5) is 4.14. The summed E-state index contributed by atoms with van der Waals surface area (Å²) >= 11 is 0. The fourth-order valence-electron chi connectivity index (χ4n) is 1.38. The van der Waals surface area contributed by atoms with Crippen molar-refractivity contribution >= 4 is 11.4 Å². The molecule has 1 aliphatic carbocycles. The first-order valence-electron chi connectivity index (χ1n) is 4.70. The first kappa shape index (κ1) is 8.35. The maximum Gasteiger partial charge on any atom is 0.0762 e. The van der Waals surface area contributed by atoms with Gasteiger partial charge >= 0.3 is 0 Å². The van der Waals surface area contributed by atoms with Crippen LogP contribution in [-0.2, 0) is 0 Å². The number of nitrogens with zero attached hydrogens (tertiary/aromatic N) is 1. The molecule has 1 aromatic heterocycles. The molecule has 0 bridgehead atoms. The third-order valence-electron chi connectivity index (χ3n) is 2.33. The Balaban J connectivity index is 2.27. The van der Waals surface area contributed by atoms with Crippen molar-refractivity contribution in [2.45, 2.75) is 25.8 Å². The Bertz CT molecular complexity index is 305. The average Bonchev–Trinajstić information content (AvgIpc) is 2.92. The third kappa shape index (κ3) is 1.74. The minimum Gasteiger partial charge on any atom is -0.385 e. The lowest BCUT2D eigenvalue weighted by atomic mass is 10.2. The number of pyridine rings is 1. The molecular formula is C10H15N3. The molecule has 0 aliphatic heterocycles. The van der Waals surface area contributed by atoms with E-state index in [9.17, 15) is 0 Å². The monoisotopic (exact) mass is 177 g/mol. The van der Waals surface area contributed by atoms with Crippen molar-refractivity contribution in [3.63, 3.8) is 0 Å². The van der Waals surface area contributed by atoms with Crippen LogP contribution >= 0.6 is 0 Å². The minimum atomic E-state index is 0.688. The van der Waals surface area contributed by atoms with E-state index in [0.717, 1.165) is 5.69 Å². The van der Waals surface area contributed by atoms with Crippen molar-refractivity contribution in [2.24, 2.45) is 0 Å². The second-order valence-corrected chi connectivity index (χ2v) is 3.55. The third-order valence-corrected chi connectivity index (χ3v) is 2.33. The van der Waals surface area contributed by atoms with Crippen LogP contribution in [0.15, 0.2) is 12.4 Å². The Hall–Kier alpha value is -1.25. The van der Waals surface area contributed by atoms with E-state index in [1.54, 1.807) is 0 Å². The summed E-state index contributed by atoms with van der Waals surface area (Å²) in [5, 5.41) is 6.65. The van der Waals surface area contributed by atoms with Gasteiger partial charge in [0.2, 0.25) is 0 Å². The van der Waals surface area contributed by atoms with Gasteiger partial charge in [-0.3, -0.25) is 4.98 Å². The zero-order valence-electron chi connectivity index (χ0n) is 8.09. The summed E-state index contributed by atoms with van der Waals surface area (Å²) in [7, 11) is 1.93. The Morgan fingerprint density at radius 3 is 2.77 bits per heavy atom. The Labute approximate surface area is 78.6 Å². The molecule has 0 saturated heterocycles. The van der Waals surface area contributed by atoms with Gasteiger partial charge in [0.05, 0.1) is 17.6 Å². The standard InChI is InChI=1S/C10H15N3/c1-7-5-12-6-9(11-2)10(7)13-8-3-4-8/h5-6,8,11H,3-4H2,1-2H3,(H,12,13). The molecule has 2 N–H and O–H groups in total. The molecular weight excluding hydrogens is 162 g/mol. The number of nitrogens with one attached hydrogen (secondary N) is 2. The van der Waals surface area contributed by atoms with Crippen LogP contribution < -0.4 is 10.6 Å². The molecule has 1 heterocycles. The van der Waals surface area contributed by atoms with E-state index in [2.05, 4.69) is 22.5 Å².